The molecule has 12 heteroatoms. The Kier molecular flexibility index (Phi) is 4.71. The normalized spacial score (nSPS) is 16.9. The molecule has 1 saturated heterocycles. The molecule has 0 unspecified atom stereocenters. The molecule has 4 aromatic rings. The maximum Gasteiger partial charge on any atom is 0.266 e. The third-order valence-corrected chi connectivity index (χ3v) is 7.22. The highest BCUT2D eigenvalue weighted by Gasteiger charge is 2.32. The fourth-order valence-corrected chi connectivity index (χ4v) is 5.34. The van der Waals surface area contributed by atoms with Crippen molar-refractivity contribution in [1.82, 2.24) is 24.3 Å². The Bertz CT molecular complexity index is 1530. The number of morpholine rings is 1. The minimum absolute atomic E-state index is 0.0641. The molecule has 2 aromatic carbocycles. The number of ether oxygens (including phenoxy) is 1. The minimum atomic E-state index is -3.87. The van der Waals surface area contributed by atoms with Gasteiger partial charge in [-0.25, -0.2) is 27.6 Å². The van der Waals surface area contributed by atoms with Crippen LogP contribution in [0.5, 0.6) is 0 Å². The Balaban J connectivity index is 1.32. The lowest BCUT2D eigenvalue weighted by Gasteiger charge is -2.28. The lowest BCUT2D eigenvalue weighted by molar-refractivity contribution is 0.0985. The summed E-state index contributed by atoms with van der Waals surface area (Å²) in [5.74, 6) is -0.129. The number of amides is 1. The summed E-state index contributed by atoms with van der Waals surface area (Å²) in [6.07, 6.45) is 2.99. The first-order chi connectivity index (χ1) is 16.5. The Morgan fingerprint density at radius 3 is 2.62 bits per heavy atom. The summed E-state index contributed by atoms with van der Waals surface area (Å²) in [6, 6.07) is 12.6. The molecule has 0 bridgehead atoms. The molecule has 0 aliphatic carbocycles. The van der Waals surface area contributed by atoms with Crippen molar-refractivity contribution < 1.29 is 17.9 Å². The van der Waals surface area contributed by atoms with E-state index in [9.17, 15) is 13.2 Å². The van der Waals surface area contributed by atoms with E-state index in [1.807, 2.05) is 29.0 Å². The standard InChI is InChI=1S/C22H19N7O4S/c30-22-17-6-1-14(11-19(17)34(31,32)27-22)18-12-23-20(21-24-13-25-29(18)21)26-15-2-4-16(5-3-15)28-7-9-33-10-8-28/h1-6,11-13H,7-10H2,(H,23,26)(H,27,30). The third-order valence-electron chi connectivity index (χ3n) is 5.85. The number of hydrogen-bond donors (Lipinski definition) is 2. The second kappa shape index (κ2) is 7.78. The van der Waals surface area contributed by atoms with Gasteiger partial charge in [-0.3, -0.25) is 4.79 Å². The van der Waals surface area contributed by atoms with E-state index in [1.165, 1.54) is 18.5 Å². The summed E-state index contributed by atoms with van der Waals surface area (Å²) in [5.41, 5.74) is 3.65. The van der Waals surface area contributed by atoms with E-state index >= 15 is 0 Å². The van der Waals surface area contributed by atoms with Gasteiger partial charge in [-0.05, 0) is 36.4 Å². The Morgan fingerprint density at radius 1 is 1.03 bits per heavy atom. The first-order valence-corrected chi connectivity index (χ1v) is 12.1. The van der Waals surface area contributed by atoms with E-state index in [1.54, 1.807) is 16.8 Å². The number of carbonyl (C=O) groups excluding carboxylic acids is 1. The van der Waals surface area contributed by atoms with Gasteiger partial charge < -0.3 is 15.0 Å². The first-order valence-electron chi connectivity index (χ1n) is 10.6. The number of carbonyl (C=O) groups is 1. The van der Waals surface area contributed by atoms with Gasteiger partial charge in [0.25, 0.3) is 15.9 Å². The molecule has 34 heavy (non-hydrogen) atoms. The molecule has 11 nitrogen and oxygen atoms in total. The van der Waals surface area contributed by atoms with Crippen LogP contribution in [0.25, 0.3) is 16.9 Å². The topological polar surface area (TPSA) is 131 Å². The van der Waals surface area contributed by atoms with E-state index in [0.717, 1.165) is 37.7 Å². The van der Waals surface area contributed by atoms with Gasteiger partial charge in [-0.2, -0.15) is 5.10 Å². The highest BCUT2D eigenvalue weighted by molar-refractivity contribution is 7.90. The number of aromatic nitrogens is 4. The summed E-state index contributed by atoms with van der Waals surface area (Å²) in [6.45, 7) is 3.18. The SMILES string of the molecule is O=C1NS(=O)(=O)c2cc(-c3cnc(Nc4ccc(N5CCOCC5)cc4)c4ncnn34)ccc21. The molecule has 1 amide bonds. The number of benzene rings is 2. The van der Waals surface area contributed by atoms with Crippen LogP contribution in [-0.2, 0) is 14.8 Å². The summed E-state index contributed by atoms with van der Waals surface area (Å²) in [4.78, 5) is 22.9. The van der Waals surface area contributed by atoms with Gasteiger partial charge in [0.05, 0.1) is 30.7 Å². The first kappa shape index (κ1) is 20.6. The molecule has 1 fully saturated rings. The van der Waals surface area contributed by atoms with Crippen molar-refractivity contribution in [1.29, 1.82) is 0 Å². The zero-order valence-electron chi connectivity index (χ0n) is 17.8. The quantitative estimate of drug-likeness (QED) is 0.452. The van der Waals surface area contributed by atoms with E-state index in [2.05, 4.69) is 25.3 Å². The number of sulfonamides is 1. The molecule has 4 heterocycles. The molecule has 2 aromatic heterocycles. The van der Waals surface area contributed by atoms with Crippen LogP contribution in [-0.4, -0.2) is 60.2 Å². The van der Waals surface area contributed by atoms with Crippen molar-refractivity contribution in [2.24, 2.45) is 0 Å². The molecule has 0 atom stereocenters. The number of anilines is 3. The maximum absolute atomic E-state index is 12.2. The van der Waals surface area contributed by atoms with E-state index in [4.69, 9.17) is 4.74 Å². The molecule has 6 rings (SSSR count). The smallest absolute Gasteiger partial charge is 0.266 e. The minimum Gasteiger partial charge on any atom is -0.378 e. The molecular formula is C22H19N7O4S. The van der Waals surface area contributed by atoms with Crippen molar-refractivity contribution >= 4 is 38.8 Å². The fourth-order valence-electron chi connectivity index (χ4n) is 4.14. The van der Waals surface area contributed by atoms with Crippen LogP contribution in [0, 0.1) is 0 Å². The predicted molar refractivity (Wildman–Crippen MR) is 124 cm³/mol. The highest BCUT2D eigenvalue weighted by Crippen LogP contribution is 2.30. The summed E-state index contributed by atoms with van der Waals surface area (Å²) in [7, 11) is -3.87. The van der Waals surface area contributed by atoms with Crippen molar-refractivity contribution in [2.45, 2.75) is 4.90 Å². The Morgan fingerprint density at radius 2 is 1.82 bits per heavy atom. The van der Waals surface area contributed by atoms with Crippen LogP contribution in [0.4, 0.5) is 17.2 Å². The second-order valence-corrected chi connectivity index (χ2v) is 9.56. The van der Waals surface area contributed by atoms with Crippen molar-refractivity contribution in [2.75, 3.05) is 36.5 Å². The second-order valence-electron chi connectivity index (χ2n) is 7.90. The van der Waals surface area contributed by atoms with Crippen molar-refractivity contribution in [3.63, 3.8) is 0 Å². The molecule has 0 saturated carbocycles. The lowest BCUT2D eigenvalue weighted by atomic mass is 10.1. The van der Waals surface area contributed by atoms with Crippen LogP contribution in [0.15, 0.2) is 59.9 Å². The molecule has 172 valence electrons. The number of nitrogens with zero attached hydrogens (tertiary/aromatic N) is 5. The molecule has 0 spiro atoms. The van der Waals surface area contributed by atoms with Crippen molar-refractivity contribution in [3.8, 4) is 11.3 Å². The third kappa shape index (κ3) is 3.43. The predicted octanol–water partition coefficient (Wildman–Crippen LogP) is 1.80. The molecule has 2 aliphatic heterocycles. The van der Waals surface area contributed by atoms with Crippen LogP contribution >= 0.6 is 0 Å². The van der Waals surface area contributed by atoms with Gasteiger partial charge >= 0.3 is 0 Å². The van der Waals surface area contributed by atoms with E-state index < -0.39 is 15.9 Å². The average molecular weight is 478 g/mol. The van der Waals surface area contributed by atoms with Crippen LogP contribution < -0.4 is 14.9 Å². The van der Waals surface area contributed by atoms with Gasteiger partial charge in [0.1, 0.15) is 11.2 Å². The van der Waals surface area contributed by atoms with Gasteiger partial charge in [0.2, 0.25) is 0 Å². The Labute approximate surface area is 194 Å². The van der Waals surface area contributed by atoms with Gasteiger partial charge in [-0.15, -0.1) is 0 Å². The zero-order chi connectivity index (χ0) is 23.3. The van der Waals surface area contributed by atoms with Crippen LogP contribution in [0.3, 0.4) is 0 Å². The molecule has 2 N–H and O–H groups in total. The molecule has 0 radical (unpaired) electrons. The Hall–Kier alpha value is -4.03. The fraction of sp³-hybridized carbons (Fsp3) is 0.182. The highest BCUT2D eigenvalue weighted by atomic mass is 32.2. The van der Waals surface area contributed by atoms with Gasteiger partial charge in [-0.1, -0.05) is 6.07 Å². The van der Waals surface area contributed by atoms with E-state index in [0.29, 0.717) is 22.7 Å². The van der Waals surface area contributed by atoms with Crippen LogP contribution in [0.2, 0.25) is 0 Å². The average Bonchev–Trinajstić information content (AvgIpc) is 3.43. The summed E-state index contributed by atoms with van der Waals surface area (Å²) >= 11 is 0. The number of nitrogens with one attached hydrogen (secondary N) is 2. The number of rotatable bonds is 4. The summed E-state index contributed by atoms with van der Waals surface area (Å²) in [5, 5.41) is 7.57. The largest absolute Gasteiger partial charge is 0.378 e. The summed E-state index contributed by atoms with van der Waals surface area (Å²) < 4.78 is 33.5. The van der Waals surface area contributed by atoms with Crippen molar-refractivity contribution in [3.05, 3.63) is 60.6 Å². The molecular weight excluding hydrogens is 458 g/mol. The van der Waals surface area contributed by atoms with Crippen LogP contribution in [0.1, 0.15) is 10.4 Å². The number of hydrogen-bond acceptors (Lipinski definition) is 9. The van der Waals surface area contributed by atoms with Gasteiger partial charge in [0, 0.05) is 30.0 Å². The molecule has 2 aliphatic rings. The monoisotopic (exact) mass is 477 g/mol. The number of fused-ring (bicyclic) bond motifs is 2. The zero-order valence-corrected chi connectivity index (χ0v) is 18.6. The maximum atomic E-state index is 12.2. The van der Waals surface area contributed by atoms with E-state index in [-0.39, 0.29) is 10.5 Å². The van der Waals surface area contributed by atoms with Gasteiger partial charge in [0.15, 0.2) is 11.5 Å². The lowest BCUT2D eigenvalue weighted by Crippen LogP contribution is -2.36.